The smallest absolute Gasteiger partial charge is 0.342 e. The SMILES string of the molecule is CCCc1ccc(Oc2ncncc2C(=O)O)cc1. The van der Waals surface area contributed by atoms with Crippen LogP contribution in [0.4, 0.5) is 0 Å². The summed E-state index contributed by atoms with van der Waals surface area (Å²) in [6.45, 7) is 2.12. The maximum atomic E-state index is 11.0. The second kappa shape index (κ2) is 5.95. The van der Waals surface area contributed by atoms with Crippen LogP contribution >= 0.6 is 0 Å². The molecule has 98 valence electrons. The molecule has 1 aromatic carbocycles. The molecule has 0 aliphatic carbocycles. The van der Waals surface area contributed by atoms with Gasteiger partial charge in [-0.05, 0) is 24.1 Å². The fraction of sp³-hybridized carbons (Fsp3) is 0.214. The minimum absolute atomic E-state index is 0.0470. The molecule has 2 aromatic rings. The van der Waals surface area contributed by atoms with Crippen molar-refractivity contribution < 1.29 is 14.6 Å². The average molecular weight is 258 g/mol. The van der Waals surface area contributed by atoms with Crippen LogP contribution in [0.2, 0.25) is 0 Å². The second-order valence-electron chi connectivity index (χ2n) is 4.04. The molecular weight excluding hydrogens is 244 g/mol. The van der Waals surface area contributed by atoms with Gasteiger partial charge in [0.25, 0.3) is 0 Å². The standard InChI is InChI=1S/C14H14N2O3/c1-2-3-10-4-6-11(7-5-10)19-13-12(14(17)18)8-15-9-16-13/h4-9H,2-3H2,1H3,(H,17,18). The Morgan fingerprint density at radius 3 is 2.68 bits per heavy atom. The number of nitrogens with zero attached hydrogens (tertiary/aromatic N) is 2. The topological polar surface area (TPSA) is 72.3 Å². The molecule has 5 nitrogen and oxygen atoms in total. The number of aromatic carboxylic acids is 1. The number of aryl methyl sites for hydroxylation is 1. The highest BCUT2D eigenvalue weighted by atomic mass is 16.5. The number of benzene rings is 1. The Balaban J connectivity index is 2.19. The van der Waals surface area contributed by atoms with Crippen LogP contribution in [-0.4, -0.2) is 21.0 Å². The van der Waals surface area contributed by atoms with Gasteiger partial charge in [0.1, 0.15) is 17.6 Å². The molecule has 2 rings (SSSR count). The molecule has 0 amide bonds. The average Bonchev–Trinajstić information content (AvgIpc) is 2.42. The molecule has 0 saturated heterocycles. The summed E-state index contributed by atoms with van der Waals surface area (Å²) in [7, 11) is 0. The Morgan fingerprint density at radius 2 is 2.05 bits per heavy atom. The molecule has 0 aliphatic heterocycles. The molecule has 0 saturated carbocycles. The van der Waals surface area contributed by atoms with Crippen molar-refractivity contribution in [3.8, 4) is 11.6 Å². The van der Waals surface area contributed by atoms with Crippen molar-refractivity contribution in [2.45, 2.75) is 19.8 Å². The lowest BCUT2D eigenvalue weighted by Gasteiger charge is -2.07. The zero-order chi connectivity index (χ0) is 13.7. The molecule has 1 aromatic heterocycles. The Bertz CT molecular complexity index is 567. The number of hydrogen-bond acceptors (Lipinski definition) is 4. The summed E-state index contributed by atoms with van der Waals surface area (Å²) in [6.07, 6.45) is 4.56. The van der Waals surface area contributed by atoms with Crippen LogP contribution in [-0.2, 0) is 6.42 Å². The lowest BCUT2D eigenvalue weighted by molar-refractivity contribution is 0.0693. The molecule has 0 atom stereocenters. The monoisotopic (exact) mass is 258 g/mol. The fourth-order valence-corrected chi connectivity index (χ4v) is 1.67. The van der Waals surface area contributed by atoms with Crippen LogP contribution < -0.4 is 4.74 Å². The summed E-state index contributed by atoms with van der Waals surface area (Å²) in [4.78, 5) is 18.5. The Morgan fingerprint density at radius 1 is 1.32 bits per heavy atom. The number of aromatic nitrogens is 2. The Labute approximate surface area is 110 Å². The van der Waals surface area contributed by atoms with Crippen molar-refractivity contribution in [2.24, 2.45) is 0 Å². The van der Waals surface area contributed by atoms with Crippen molar-refractivity contribution in [1.82, 2.24) is 9.97 Å². The van der Waals surface area contributed by atoms with E-state index in [2.05, 4.69) is 16.9 Å². The largest absolute Gasteiger partial charge is 0.477 e. The van der Waals surface area contributed by atoms with Gasteiger partial charge in [-0.3, -0.25) is 0 Å². The van der Waals surface area contributed by atoms with Crippen LogP contribution in [0, 0.1) is 0 Å². The third kappa shape index (κ3) is 3.28. The van der Waals surface area contributed by atoms with Gasteiger partial charge in [0.15, 0.2) is 0 Å². The molecule has 0 unspecified atom stereocenters. The van der Waals surface area contributed by atoms with Crippen molar-refractivity contribution >= 4 is 5.97 Å². The van der Waals surface area contributed by atoms with E-state index in [1.54, 1.807) is 12.1 Å². The molecule has 1 heterocycles. The molecule has 0 fully saturated rings. The summed E-state index contributed by atoms with van der Waals surface area (Å²) in [6, 6.07) is 7.53. The molecule has 0 radical (unpaired) electrons. The third-order valence-corrected chi connectivity index (χ3v) is 2.58. The number of ether oxygens (including phenoxy) is 1. The first-order valence-electron chi connectivity index (χ1n) is 6.00. The number of carboxylic acids is 1. The zero-order valence-electron chi connectivity index (χ0n) is 10.5. The van der Waals surface area contributed by atoms with Crippen LogP contribution in [0.1, 0.15) is 29.3 Å². The van der Waals surface area contributed by atoms with E-state index >= 15 is 0 Å². The second-order valence-corrected chi connectivity index (χ2v) is 4.04. The van der Waals surface area contributed by atoms with Crippen molar-refractivity contribution in [2.75, 3.05) is 0 Å². The van der Waals surface area contributed by atoms with E-state index in [9.17, 15) is 4.79 Å². The van der Waals surface area contributed by atoms with Gasteiger partial charge in [-0.1, -0.05) is 25.5 Å². The van der Waals surface area contributed by atoms with Crippen molar-refractivity contribution in [3.05, 3.63) is 47.9 Å². The van der Waals surface area contributed by atoms with Gasteiger partial charge in [0, 0.05) is 6.20 Å². The fourth-order valence-electron chi connectivity index (χ4n) is 1.67. The van der Waals surface area contributed by atoms with Crippen molar-refractivity contribution in [3.63, 3.8) is 0 Å². The molecule has 0 spiro atoms. The Hall–Kier alpha value is -2.43. The lowest BCUT2D eigenvalue weighted by atomic mass is 10.1. The number of carbonyl (C=O) groups is 1. The summed E-state index contributed by atoms with van der Waals surface area (Å²) in [5, 5.41) is 9.00. The number of hydrogen-bond donors (Lipinski definition) is 1. The molecule has 5 heteroatoms. The van der Waals surface area contributed by atoms with Crippen LogP contribution in [0.3, 0.4) is 0 Å². The molecule has 0 aliphatic rings. The van der Waals surface area contributed by atoms with E-state index < -0.39 is 5.97 Å². The number of rotatable bonds is 5. The molecule has 19 heavy (non-hydrogen) atoms. The van der Waals surface area contributed by atoms with Crippen LogP contribution in [0.5, 0.6) is 11.6 Å². The first-order chi connectivity index (χ1) is 9.20. The van der Waals surface area contributed by atoms with Gasteiger partial charge in [0.05, 0.1) is 0 Å². The molecular formula is C14H14N2O3. The van der Waals surface area contributed by atoms with Gasteiger partial charge in [-0.2, -0.15) is 0 Å². The highest BCUT2D eigenvalue weighted by Gasteiger charge is 2.13. The van der Waals surface area contributed by atoms with Gasteiger partial charge < -0.3 is 9.84 Å². The summed E-state index contributed by atoms with van der Waals surface area (Å²) in [5.74, 6) is -0.509. The van der Waals surface area contributed by atoms with E-state index in [1.165, 1.54) is 18.1 Å². The van der Waals surface area contributed by atoms with Gasteiger partial charge >= 0.3 is 5.97 Å². The van der Waals surface area contributed by atoms with E-state index in [-0.39, 0.29) is 11.4 Å². The summed E-state index contributed by atoms with van der Waals surface area (Å²) < 4.78 is 5.47. The van der Waals surface area contributed by atoms with Crippen LogP contribution in [0.25, 0.3) is 0 Å². The lowest BCUT2D eigenvalue weighted by Crippen LogP contribution is -2.02. The first-order valence-corrected chi connectivity index (χ1v) is 6.00. The Kier molecular flexibility index (Phi) is 4.07. The zero-order valence-corrected chi connectivity index (χ0v) is 10.5. The summed E-state index contributed by atoms with van der Waals surface area (Å²) >= 11 is 0. The first kappa shape index (κ1) is 13.0. The van der Waals surface area contributed by atoms with E-state index in [4.69, 9.17) is 9.84 Å². The van der Waals surface area contributed by atoms with E-state index in [0.29, 0.717) is 5.75 Å². The highest BCUT2D eigenvalue weighted by molar-refractivity contribution is 5.89. The third-order valence-electron chi connectivity index (χ3n) is 2.58. The van der Waals surface area contributed by atoms with Gasteiger partial charge in [-0.15, -0.1) is 0 Å². The van der Waals surface area contributed by atoms with Crippen LogP contribution in [0.15, 0.2) is 36.8 Å². The quantitative estimate of drug-likeness (QED) is 0.892. The minimum Gasteiger partial charge on any atom is -0.477 e. The predicted octanol–water partition coefficient (Wildman–Crippen LogP) is 2.92. The van der Waals surface area contributed by atoms with Gasteiger partial charge in [-0.25, -0.2) is 14.8 Å². The van der Waals surface area contributed by atoms with Gasteiger partial charge in [0.2, 0.25) is 5.88 Å². The highest BCUT2D eigenvalue weighted by Crippen LogP contribution is 2.22. The molecule has 0 bridgehead atoms. The van der Waals surface area contributed by atoms with Crippen molar-refractivity contribution in [1.29, 1.82) is 0 Å². The molecule has 1 N–H and O–H groups in total. The maximum absolute atomic E-state index is 11.0. The van der Waals surface area contributed by atoms with E-state index in [1.807, 2.05) is 12.1 Å². The number of carboxylic acid groups (broad SMARTS) is 1. The maximum Gasteiger partial charge on any atom is 0.342 e. The predicted molar refractivity (Wildman–Crippen MR) is 69.5 cm³/mol. The summed E-state index contributed by atoms with van der Waals surface area (Å²) in [5.41, 5.74) is 1.16. The minimum atomic E-state index is -1.11. The van der Waals surface area contributed by atoms with E-state index in [0.717, 1.165) is 12.8 Å². The normalized spacial score (nSPS) is 10.2.